The molecule has 4 aromatic rings. The third kappa shape index (κ3) is 5.38. The second-order valence-corrected chi connectivity index (χ2v) is 11.6. The number of nitrogens with zero attached hydrogens (tertiary/aromatic N) is 4. The lowest BCUT2D eigenvalue weighted by Gasteiger charge is -2.31. The van der Waals surface area contributed by atoms with Crippen molar-refractivity contribution < 1.29 is 38.6 Å². The number of nitro benzene ring substituents is 2. The molecule has 2 atom stereocenters. The second kappa shape index (κ2) is 12.2. The maximum atomic E-state index is 13.4. The molecule has 0 spiro atoms. The van der Waals surface area contributed by atoms with Gasteiger partial charge in [-0.25, -0.2) is 0 Å². The van der Waals surface area contributed by atoms with Crippen LogP contribution in [0.5, 0.6) is 0 Å². The first kappa shape index (κ1) is 32.4. The van der Waals surface area contributed by atoms with Gasteiger partial charge in [0.05, 0.1) is 21.0 Å². The first-order valence-corrected chi connectivity index (χ1v) is 15.0. The molecule has 16 heteroatoms. The molecule has 0 saturated heterocycles. The van der Waals surface area contributed by atoms with Gasteiger partial charge in [0.2, 0.25) is 11.8 Å². The van der Waals surface area contributed by atoms with E-state index in [0.717, 1.165) is 21.9 Å². The first-order chi connectivity index (χ1) is 23.3. The summed E-state index contributed by atoms with van der Waals surface area (Å²) in [6.45, 7) is 2.70. The van der Waals surface area contributed by atoms with Crippen molar-refractivity contribution in [2.24, 2.45) is 0 Å². The van der Waals surface area contributed by atoms with Crippen LogP contribution >= 0.6 is 0 Å². The van der Waals surface area contributed by atoms with Gasteiger partial charge in [0.15, 0.2) is 0 Å². The van der Waals surface area contributed by atoms with Crippen LogP contribution < -0.4 is 10.6 Å². The van der Waals surface area contributed by atoms with Crippen molar-refractivity contribution in [3.63, 3.8) is 0 Å². The molecule has 0 unspecified atom stereocenters. The van der Waals surface area contributed by atoms with Crippen molar-refractivity contribution in [1.82, 2.24) is 20.4 Å². The maximum Gasteiger partial charge on any atom is 0.270 e. The number of amides is 6. The molecule has 0 fully saturated rings. The number of nitro groups is 2. The van der Waals surface area contributed by atoms with Crippen LogP contribution in [0.25, 0.3) is 21.5 Å². The summed E-state index contributed by atoms with van der Waals surface area (Å²) in [5, 5.41) is 29.3. The second-order valence-electron chi connectivity index (χ2n) is 11.6. The van der Waals surface area contributed by atoms with E-state index in [2.05, 4.69) is 10.6 Å². The van der Waals surface area contributed by atoms with Crippen LogP contribution in [0, 0.1) is 20.2 Å². The Bertz CT molecular complexity index is 2040. The smallest absolute Gasteiger partial charge is 0.270 e. The highest BCUT2D eigenvalue weighted by Crippen LogP contribution is 2.35. The zero-order valence-corrected chi connectivity index (χ0v) is 25.9. The fourth-order valence-electron chi connectivity index (χ4n) is 6.18. The molecule has 0 radical (unpaired) electrons. The van der Waals surface area contributed by atoms with E-state index in [1.54, 1.807) is 12.1 Å². The molecular formula is C33H26N6O10. The van der Waals surface area contributed by atoms with E-state index in [-0.39, 0.29) is 63.9 Å². The molecule has 0 bridgehead atoms. The maximum absolute atomic E-state index is 13.4. The number of non-ortho nitro benzene ring substituents is 2. The Morgan fingerprint density at radius 2 is 1.00 bits per heavy atom. The lowest BCUT2D eigenvalue weighted by molar-refractivity contribution is -0.384. The lowest BCUT2D eigenvalue weighted by atomic mass is 9.92. The average Bonchev–Trinajstić information content (AvgIpc) is 3.08. The zero-order valence-electron chi connectivity index (χ0n) is 25.9. The number of hydrogen-bond acceptors (Lipinski definition) is 10. The third-order valence-corrected chi connectivity index (χ3v) is 8.63. The Morgan fingerprint density at radius 3 is 1.37 bits per heavy atom. The van der Waals surface area contributed by atoms with E-state index in [1.165, 1.54) is 50.2 Å². The normalized spacial score (nSPS) is 15.0. The minimum atomic E-state index is -1.28. The quantitative estimate of drug-likeness (QED) is 0.109. The molecule has 6 rings (SSSR count). The molecule has 2 aliphatic heterocycles. The molecule has 0 aliphatic carbocycles. The molecule has 2 aliphatic rings. The van der Waals surface area contributed by atoms with Crippen LogP contribution in [0.2, 0.25) is 0 Å². The van der Waals surface area contributed by atoms with Crippen molar-refractivity contribution in [2.75, 3.05) is 13.1 Å². The van der Waals surface area contributed by atoms with Gasteiger partial charge >= 0.3 is 0 Å². The Hall–Kier alpha value is -6.58. The summed E-state index contributed by atoms with van der Waals surface area (Å²) in [7, 11) is 0. The highest BCUT2D eigenvalue weighted by Gasteiger charge is 2.41. The van der Waals surface area contributed by atoms with Gasteiger partial charge < -0.3 is 10.6 Å². The average molecular weight is 667 g/mol. The number of benzene rings is 4. The highest BCUT2D eigenvalue weighted by molar-refractivity contribution is 6.28. The molecule has 0 aromatic heterocycles. The highest BCUT2D eigenvalue weighted by atomic mass is 16.6. The number of imide groups is 2. The SMILES string of the molecule is C[C@@H](C(=O)NCCCNC(=O)[C@H](C)N1C(=O)c2cccc3cc([N+](=O)[O-])cc(c23)C1=O)N1C(=O)c2cccc3cc([N+](=O)[O-])cc(c23)C1=O. The largest absolute Gasteiger partial charge is 0.354 e. The monoisotopic (exact) mass is 666 g/mol. The van der Waals surface area contributed by atoms with E-state index in [4.69, 9.17) is 0 Å². The third-order valence-electron chi connectivity index (χ3n) is 8.63. The Balaban J connectivity index is 1.07. The molecule has 2 heterocycles. The van der Waals surface area contributed by atoms with Gasteiger partial charge in [-0.15, -0.1) is 0 Å². The summed E-state index contributed by atoms with van der Waals surface area (Å²) in [5.41, 5.74) is -0.558. The number of carbonyl (C=O) groups is 6. The molecule has 49 heavy (non-hydrogen) atoms. The van der Waals surface area contributed by atoms with Gasteiger partial charge in [0.25, 0.3) is 35.0 Å². The van der Waals surface area contributed by atoms with E-state index in [9.17, 15) is 49.0 Å². The van der Waals surface area contributed by atoms with Crippen LogP contribution in [0.4, 0.5) is 11.4 Å². The fourth-order valence-corrected chi connectivity index (χ4v) is 6.18. The van der Waals surface area contributed by atoms with Crippen LogP contribution in [0.15, 0.2) is 60.7 Å². The number of nitrogens with one attached hydrogen (secondary N) is 2. The predicted molar refractivity (Wildman–Crippen MR) is 172 cm³/mol. The minimum Gasteiger partial charge on any atom is -0.354 e. The van der Waals surface area contributed by atoms with Crippen molar-refractivity contribution in [3.05, 3.63) is 103 Å². The fraction of sp³-hybridized carbons (Fsp3) is 0.212. The standard InChI is InChI=1S/C33H26N6O10/c1-16(36-30(42)22-8-3-6-18-12-20(38(46)47)14-24(26(18)22)32(36)44)28(40)34-10-5-11-35-29(41)17(2)37-31(43)23-9-4-7-19-13-21(39(48)49)15-25(27(19)23)33(37)45/h3-4,6-9,12-17H,5,10-11H2,1-2H3,(H,34,40)(H,35,41)/t16-,17-/m0/s1. The van der Waals surface area contributed by atoms with Crippen molar-refractivity contribution >= 4 is 68.4 Å². The van der Waals surface area contributed by atoms with Gasteiger partial charge in [-0.1, -0.05) is 24.3 Å². The summed E-state index contributed by atoms with van der Waals surface area (Å²) >= 11 is 0. The van der Waals surface area contributed by atoms with Crippen molar-refractivity contribution in [3.8, 4) is 0 Å². The number of rotatable bonds is 10. The Kier molecular flexibility index (Phi) is 8.07. The summed E-state index contributed by atoms with van der Waals surface area (Å²) in [6.07, 6.45) is 0.184. The first-order valence-electron chi connectivity index (χ1n) is 15.0. The Labute approximate surface area is 275 Å². The van der Waals surface area contributed by atoms with Crippen LogP contribution in [0.3, 0.4) is 0 Å². The number of carbonyl (C=O) groups excluding carboxylic acids is 6. The molecule has 0 saturated carbocycles. The van der Waals surface area contributed by atoms with Crippen LogP contribution in [-0.2, 0) is 9.59 Å². The van der Waals surface area contributed by atoms with E-state index in [0.29, 0.717) is 10.8 Å². The van der Waals surface area contributed by atoms with Gasteiger partial charge in [-0.3, -0.25) is 58.8 Å². The number of hydrogen-bond donors (Lipinski definition) is 2. The van der Waals surface area contributed by atoms with E-state index < -0.39 is 57.4 Å². The van der Waals surface area contributed by atoms with Crippen LogP contribution in [0.1, 0.15) is 61.7 Å². The molecule has 16 nitrogen and oxygen atoms in total. The topological polar surface area (TPSA) is 219 Å². The molecule has 2 N–H and O–H groups in total. The van der Waals surface area contributed by atoms with Gasteiger partial charge in [-0.2, -0.15) is 0 Å². The Morgan fingerprint density at radius 1 is 0.633 bits per heavy atom. The van der Waals surface area contributed by atoms with Gasteiger partial charge in [0, 0.05) is 59.3 Å². The molecule has 4 aromatic carbocycles. The minimum absolute atomic E-state index is 0.00626. The summed E-state index contributed by atoms with van der Waals surface area (Å²) < 4.78 is 0. The molecule has 6 amide bonds. The van der Waals surface area contributed by atoms with Gasteiger partial charge in [0.1, 0.15) is 12.1 Å². The zero-order chi connectivity index (χ0) is 35.3. The van der Waals surface area contributed by atoms with Crippen LogP contribution in [-0.4, -0.2) is 80.3 Å². The van der Waals surface area contributed by atoms with E-state index in [1.807, 2.05) is 0 Å². The lowest BCUT2D eigenvalue weighted by Crippen LogP contribution is -2.53. The predicted octanol–water partition coefficient (Wildman–Crippen LogP) is 3.10. The summed E-state index contributed by atoms with van der Waals surface area (Å²) in [5.74, 6) is -4.52. The van der Waals surface area contributed by atoms with Crippen molar-refractivity contribution in [2.45, 2.75) is 32.4 Å². The molecule has 248 valence electrons. The summed E-state index contributed by atoms with van der Waals surface area (Å²) in [4.78, 5) is 102. The molecular weight excluding hydrogens is 640 g/mol. The van der Waals surface area contributed by atoms with E-state index >= 15 is 0 Å². The summed E-state index contributed by atoms with van der Waals surface area (Å²) in [6, 6.07) is 11.2. The van der Waals surface area contributed by atoms with Crippen molar-refractivity contribution in [1.29, 1.82) is 0 Å². The van der Waals surface area contributed by atoms with Gasteiger partial charge in [-0.05, 0) is 43.2 Å².